The van der Waals surface area contributed by atoms with E-state index < -0.39 is 0 Å². The van der Waals surface area contributed by atoms with Crippen molar-refractivity contribution in [2.45, 2.75) is 0 Å². The molecule has 0 aliphatic heterocycles. The average Bonchev–Trinajstić information content (AvgIpc) is 2.69. The highest BCUT2D eigenvalue weighted by Crippen LogP contribution is 2.31. The van der Waals surface area contributed by atoms with E-state index in [0.29, 0.717) is 27.7 Å². The fourth-order valence-electron chi connectivity index (χ4n) is 3.14. The monoisotopic (exact) mass is 352 g/mol. The molecule has 4 rings (SSSR count). The van der Waals surface area contributed by atoms with Gasteiger partial charge in [-0.3, -0.25) is 0 Å². The van der Waals surface area contributed by atoms with Gasteiger partial charge in [0.15, 0.2) is 0 Å². The van der Waals surface area contributed by atoms with Crippen molar-refractivity contribution in [3.63, 3.8) is 0 Å². The second-order valence-corrected chi connectivity index (χ2v) is 6.38. The lowest BCUT2D eigenvalue weighted by molar-refractivity contribution is 0.629. The summed E-state index contributed by atoms with van der Waals surface area (Å²) in [5, 5.41) is 0. The van der Waals surface area contributed by atoms with E-state index >= 15 is 0 Å². The van der Waals surface area contributed by atoms with Gasteiger partial charge in [-0.2, -0.15) is 0 Å². The zero-order chi connectivity index (χ0) is 18.8. The smallest absolute Gasteiger partial charge is 0.131 e. The minimum absolute atomic E-state index is 0.332. The number of benzene rings is 4. The summed E-state index contributed by atoms with van der Waals surface area (Å²) in [6.45, 7) is 0. The number of hydrogen-bond acceptors (Lipinski definition) is 0. The van der Waals surface area contributed by atoms with Crippen LogP contribution in [0.25, 0.3) is 33.4 Å². The lowest BCUT2D eigenvalue weighted by atomic mass is 9.93. The van der Waals surface area contributed by atoms with Crippen LogP contribution in [-0.4, -0.2) is 7.85 Å². The van der Waals surface area contributed by atoms with E-state index in [9.17, 15) is 8.78 Å². The Morgan fingerprint density at radius 1 is 0.481 bits per heavy atom. The molecule has 0 fully saturated rings. The van der Waals surface area contributed by atoms with Crippen LogP contribution >= 0.6 is 0 Å². The van der Waals surface area contributed by atoms with Crippen LogP contribution in [0.2, 0.25) is 0 Å². The summed E-state index contributed by atoms with van der Waals surface area (Å²) in [7, 11) is 5.68. The maximum absolute atomic E-state index is 14.6. The van der Waals surface area contributed by atoms with Crippen molar-refractivity contribution >= 4 is 13.3 Å². The van der Waals surface area contributed by atoms with Crippen molar-refractivity contribution in [3.8, 4) is 33.4 Å². The molecule has 0 aliphatic rings. The molecule has 0 saturated heterocycles. The van der Waals surface area contributed by atoms with Crippen LogP contribution < -0.4 is 5.46 Å². The lowest BCUT2D eigenvalue weighted by Gasteiger charge is -2.09. The highest BCUT2D eigenvalue weighted by atomic mass is 19.1. The summed E-state index contributed by atoms with van der Waals surface area (Å²) < 4.78 is 29.2. The van der Waals surface area contributed by atoms with Gasteiger partial charge in [0.05, 0.1) is 0 Å². The van der Waals surface area contributed by atoms with Crippen molar-refractivity contribution < 1.29 is 8.78 Å². The SMILES string of the molecule is [B]c1ccc(-c2ccc(-c3ccc(-c4ccccc4)c(F)c3)cc2F)cc1. The Morgan fingerprint density at radius 2 is 0.926 bits per heavy atom. The Kier molecular flexibility index (Phi) is 4.60. The van der Waals surface area contributed by atoms with Gasteiger partial charge < -0.3 is 0 Å². The van der Waals surface area contributed by atoms with Gasteiger partial charge in [0.1, 0.15) is 19.5 Å². The molecule has 0 aromatic heterocycles. The molecule has 128 valence electrons. The van der Waals surface area contributed by atoms with E-state index in [-0.39, 0.29) is 11.6 Å². The normalized spacial score (nSPS) is 10.7. The minimum atomic E-state index is -0.357. The first-order valence-electron chi connectivity index (χ1n) is 8.62. The number of hydrogen-bond donors (Lipinski definition) is 0. The van der Waals surface area contributed by atoms with E-state index in [1.165, 1.54) is 12.1 Å². The largest absolute Gasteiger partial charge is 0.206 e. The van der Waals surface area contributed by atoms with Crippen LogP contribution in [0.3, 0.4) is 0 Å². The molecule has 4 aromatic carbocycles. The lowest BCUT2D eigenvalue weighted by Crippen LogP contribution is -1.99. The maximum Gasteiger partial charge on any atom is 0.131 e. The van der Waals surface area contributed by atoms with Gasteiger partial charge in [-0.1, -0.05) is 84.3 Å². The standard InChI is InChI=1S/C24H15BF2/c25-20-10-6-17(7-11-20)22-13-9-19(15-24(22)27)18-8-12-21(23(26)14-18)16-4-2-1-3-5-16/h1-15H. The topological polar surface area (TPSA) is 0 Å². The predicted octanol–water partition coefficient (Wildman–Crippen LogP) is 5.76. The summed E-state index contributed by atoms with van der Waals surface area (Å²) in [4.78, 5) is 0. The molecule has 0 unspecified atom stereocenters. The molecule has 0 saturated carbocycles. The molecular formula is C24H15BF2. The summed E-state index contributed by atoms with van der Waals surface area (Å²) in [5.74, 6) is -0.688. The first-order chi connectivity index (χ1) is 13.1. The maximum atomic E-state index is 14.6. The number of rotatable bonds is 3. The summed E-state index contributed by atoms with van der Waals surface area (Å²) in [6, 6.07) is 26.3. The third-order valence-electron chi connectivity index (χ3n) is 4.58. The molecule has 0 N–H and O–H groups in total. The van der Waals surface area contributed by atoms with Crippen molar-refractivity contribution in [1.29, 1.82) is 0 Å². The van der Waals surface area contributed by atoms with Gasteiger partial charge in [0, 0.05) is 11.1 Å². The second-order valence-electron chi connectivity index (χ2n) is 6.38. The molecule has 3 heteroatoms. The third kappa shape index (κ3) is 3.54. The molecule has 0 aliphatic carbocycles. The van der Waals surface area contributed by atoms with Gasteiger partial charge in [-0.25, -0.2) is 8.78 Å². The van der Waals surface area contributed by atoms with E-state index in [1.54, 1.807) is 42.5 Å². The van der Waals surface area contributed by atoms with Crippen LogP contribution in [-0.2, 0) is 0 Å². The predicted molar refractivity (Wildman–Crippen MR) is 108 cm³/mol. The second kappa shape index (κ2) is 7.20. The van der Waals surface area contributed by atoms with Crippen molar-refractivity contribution in [2.24, 2.45) is 0 Å². The van der Waals surface area contributed by atoms with E-state index in [4.69, 9.17) is 7.85 Å². The summed E-state index contributed by atoms with van der Waals surface area (Å²) in [5.41, 5.74) is 4.47. The van der Waals surface area contributed by atoms with Gasteiger partial charge in [-0.05, 0) is 34.4 Å². The quantitative estimate of drug-likeness (QED) is 0.411. The summed E-state index contributed by atoms with van der Waals surface area (Å²) >= 11 is 0. The number of halogens is 2. The van der Waals surface area contributed by atoms with Crippen molar-refractivity contribution in [3.05, 3.63) is 103 Å². The zero-order valence-corrected chi connectivity index (χ0v) is 14.5. The Morgan fingerprint density at radius 3 is 1.41 bits per heavy atom. The first-order valence-corrected chi connectivity index (χ1v) is 8.62. The average molecular weight is 352 g/mol. The zero-order valence-electron chi connectivity index (χ0n) is 14.5. The Labute approximate surface area is 158 Å². The molecule has 27 heavy (non-hydrogen) atoms. The van der Waals surface area contributed by atoms with Gasteiger partial charge in [-0.15, -0.1) is 0 Å². The van der Waals surface area contributed by atoms with Crippen LogP contribution in [0.5, 0.6) is 0 Å². The van der Waals surface area contributed by atoms with E-state index in [1.807, 2.05) is 36.4 Å². The Balaban J connectivity index is 1.69. The third-order valence-corrected chi connectivity index (χ3v) is 4.58. The molecular weight excluding hydrogens is 337 g/mol. The summed E-state index contributed by atoms with van der Waals surface area (Å²) in [6.07, 6.45) is 0. The van der Waals surface area contributed by atoms with Gasteiger partial charge in [0.2, 0.25) is 0 Å². The molecule has 0 nitrogen and oxygen atoms in total. The molecule has 4 aromatic rings. The molecule has 0 bridgehead atoms. The van der Waals surface area contributed by atoms with Gasteiger partial charge in [0.25, 0.3) is 0 Å². The highest BCUT2D eigenvalue weighted by molar-refractivity contribution is 6.32. The van der Waals surface area contributed by atoms with Gasteiger partial charge >= 0.3 is 0 Å². The molecule has 0 amide bonds. The van der Waals surface area contributed by atoms with Crippen LogP contribution in [0.4, 0.5) is 8.78 Å². The van der Waals surface area contributed by atoms with Crippen LogP contribution in [0, 0.1) is 11.6 Å². The van der Waals surface area contributed by atoms with E-state index in [2.05, 4.69) is 0 Å². The Hall–Kier alpha value is -3.20. The molecule has 0 atom stereocenters. The highest BCUT2D eigenvalue weighted by Gasteiger charge is 2.10. The Bertz CT molecular complexity index is 1090. The minimum Gasteiger partial charge on any atom is -0.206 e. The molecule has 2 radical (unpaired) electrons. The molecule has 0 spiro atoms. The van der Waals surface area contributed by atoms with Crippen LogP contribution in [0.15, 0.2) is 91.0 Å². The van der Waals surface area contributed by atoms with E-state index in [0.717, 1.165) is 11.1 Å². The molecule has 0 heterocycles. The van der Waals surface area contributed by atoms with Crippen molar-refractivity contribution in [2.75, 3.05) is 0 Å². The van der Waals surface area contributed by atoms with Crippen molar-refractivity contribution in [1.82, 2.24) is 0 Å². The van der Waals surface area contributed by atoms with Crippen LogP contribution in [0.1, 0.15) is 0 Å². The fourth-order valence-corrected chi connectivity index (χ4v) is 3.14. The fraction of sp³-hybridized carbons (Fsp3) is 0. The first kappa shape index (κ1) is 17.2.